The summed E-state index contributed by atoms with van der Waals surface area (Å²) in [5, 5.41) is 6.08. The van der Waals surface area contributed by atoms with E-state index < -0.39 is 0 Å². The predicted octanol–water partition coefficient (Wildman–Crippen LogP) is 0.993. The number of halogens is 1. The molecule has 0 bridgehead atoms. The van der Waals surface area contributed by atoms with Crippen molar-refractivity contribution in [1.82, 2.24) is 10.6 Å². The van der Waals surface area contributed by atoms with Gasteiger partial charge >= 0.3 is 0 Å². The lowest BCUT2D eigenvalue weighted by molar-refractivity contribution is 0.0923. The second-order valence-electron chi connectivity index (χ2n) is 3.31. The van der Waals surface area contributed by atoms with Crippen LogP contribution in [0.2, 0.25) is 0 Å². The van der Waals surface area contributed by atoms with E-state index in [2.05, 4.69) is 33.2 Å². The molecule has 4 heteroatoms. The van der Waals surface area contributed by atoms with Gasteiger partial charge in [-0.05, 0) is 34.7 Å². The summed E-state index contributed by atoms with van der Waals surface area (Å²) in [4.78, 5) is 11.7. The van der Waals surface area contributed by atoms with Gasteiger partial charge in [0.05, 0.1) is 11.6 Å². The van der Waals surface area contributed by atoms with Gasteiger partial charge in [0.2, 0.25) is 0 Å². The fourth-order valence-electron chi connectivity index (χ4n) is 1.30. The third kappa shape index (κ3) is 2.06. The smallest absolute Gasteiger partial charge is 0.252 e. The molecule has 1 fully saturated rings. The lowest BCUT2D eigenvalue weighted by atomic mass is 10.1. The van der Waals surface area contributed by atoms with Crippen LogP contribution in [0.25, 0.3) is 0 Å². The summed E-state index contributed by atoms with van der Waals surface area (Å²) in [7, 11) is 0. The maximum atomic E-state index is 11.7. The second-order valence-corrected chi connectivity index (χ2v) is 4.47. The number of hydrogen-bond donors (Lipinski definition) is 2. The van der Waals surface area contributed by atoms with Crippen LogP contribution in [0.15, 0.2) is 24.3 Å². The molecule has 1 aliphatic heterocycles. The minimum Gasteiger partial charge on any atom is -0.347 e. The van der Waals surface area contributed by atoms with Crippen LogP contribution in [-0.2, 0) is 0 Å². The Morgan fingerprint density at radius 3 is 2.71 bits per heavy atom. The van der Waals surface area contributed by atoms with Crippen molar-refractivity contribution in [3.8, 4) is 0 Å². The Morgan fingerprint density at radius 2 is 2.14 bits per heavy atom. The molecule has 0 aliphatic carbocycles. The maximum absolute atomic E-state index is 11.7. The summed E-state index contributed by atoms with van der Waals surface area (Å²) in [5.74, 6) is 0.0292. The van der Waals surface area contributed by atoms with Gasteiger partial charge < -0.3 is 10.6 Å². The molecule has 0 unspecified atom stereocenters. The van der Waals surface area contributed by atoms with Crippen molar-refractivity contribution in [2.45, 2.75) is 6.04 Å². The molecule has 0 aromatic heterocycles. The molecule has 1 aliphatic rings. The first-order valence-corrected chi connectivity index (χ1v) is 5.61. The number of benzene rings is 1. The molecule has 2 N–H and O–H groups in total. The molecule has 2 rings (SSSR count). The van der Waals surface area contributed by atoms with E-state index in [9.17, 15) is 4.79 Å². The van der Waals surface area contributed by atoms with E-state index in [4.69, 9.17) is 0 Å². The van der Waals surface area contributed by atoms with Crippen molar-refractivity contribution in [2.75, 3.05) is 13.1 Å². The van der Waals surface area contributed by atoms with E-state index in [1.54, 1.807) is 0 Å². The van der Waals surface area contributed by atoms with Crippen molar-refractivity contribution in [3.05, 3.63) is 33.4 Å². The van der Waals surface area contributed by atoms with Crippen LogP contribution in [0.5, 0.6) is 0 Å². The monoisotopic (exact) mass is 302 g/mol. The molecule has 0 saturated carbocycles. The minimum atomic E-state index is 0.0292. The van der Waals surface area contributed by atoms with Crippen LogP contribution in [-0.4, -0.2) is 25.0 Å². The summed E-state index contributed by atoms with van der Waals surface area (Å²) in [6.45, 7) is 1.77. The van der Waals surface area contributed by atoms with Gasteiger partial charge in [-0.25, -0.2) is 0 Å². The molecular formula is C10H11IN2O. The average Bonchev–Trinajstić information content (AvgIpc) is 2.12. The molecule has 1 amide bonds. The summed E-state index contributed by atoms with van der Waals surface area (Å²) in [6.07, 6.45) is 0. The highest BCUT2D eigenvalue weighted by Gasteiger charge is 2.20. The van der Waals surface area contributed by atoms with Crippen LogP contribution in [0, 0.1) is 3.57 Å². The van der Waals surface area contributed by atoms with Gasteiger partial charge in [-0.2, -0.15) is 0 Å². The zero-order valence-corrected chi connectivity index (χ0v) is 9.74. The van der Waals surface area contributed by atoms with E-state index >= 15 is 0 Å². The minimum absolute atomic E-state index is 0.0292. The zero-order valence-electron chi connectivity index (χ0n) is 7.59. The highest BCUT2D eigenvalue weighted by Crippen LogP contribution is 2.11. The molecule has 3 nitrogen and oxygen atoms in total. The van der Waals surface area contributed by atoms with Crippen LogP contribution in [0.1, 0.15) is 10.4 Å². The molecule has 1 heterocycles. The summed E-state index contributed by atoms with van der Waals surface area (Å²) < 4.78 is 0.995. The number of hydrogen-bond acceptors (Lipinski definition) is 2. The summed E-state index contributed by atoms with van der Waals surface area (Å²) in [6, 6.07) is 7.91. The normalized spacial score (nSPS) is 16.1. The standard InChI is InChI=1S/C10H11IN2O/c11-9-4-2-1-3-8(9)10(14)13-7-5-12-6-7/h1-4,7,12H,5-6H2,(H,13,14). The van der Waals surface area contributed by atoms with Gasteiger partial charge in [0.25, 0.3) is 5.91 Å². The van der Waals surface area contributed by atoms with Crippen molar-refractivity contribution in [3.63, 3.8) is 0 Å². The Kier molecular flexibility index (Phi) is 3.02. The number of nitrogens with one attached hydrogen (secondary N) is 2. The van der Waals surface area contributed by atoms with Crippen molar-refractivity contribution >= 4 is 28.5 Å². The van der Waals surface area contributed by atoms with E-state index in [1.807, 2.05) is 24.3 Å². The fraction of sp³-hybridized carbons (Fsp3) is 0.300. The van der Waals surface area contributed by atoms with Crippen LogP contribution < -0.4 is 10.6 Å². The Balaban J connectivity index is 2.06. The first-order chi connectivity index (χ1) is 6.77. The SMILES string of the molecule is O=C(NC1CNC1)c1ccccc1I. The van der Waals surface area contributed by atoms with E-state index in [0.717, 1.165) is 22.2 Å². The molecular weight excluding hydrogens is 291 g/mol. The molecule has 0 spiro atoms. The van der Waals surface area contributed by atoms with E-state index in [1.165, 1.54) is 0 Å². The van der Waals surface area contributed by atoms with Gasteiger partial charge in [-0.1, -0.05) is 12.1 Å². The predicted molar refractivity (Wildman–Crippen MR) is 63.3 cm³/mol. The van der Waals surface area contributed by atoms with E-state index in [0.29, 0.717) is 6.04 Å². The highest BCUT2D eigenvalue weighted by atomic mass is 127. The summed E-state index contributed by atoms with van der Waals surface area (Å²) in [5.41, 5.74) is 0.764. The highest BCUT2D eigenvalue weighted by molar-refractivity contribution is 14.1. The summed E-state index contributed by atoms with van der Waals surface area (Å²) >= 11 is 2.18. The van der Waals surface area contributed by atoms with Crippen LogP contribution >= 0.6 is 22.6 Å². The third-order valence-corrected chi connectivity index (χ3v) is 3.18. The van der Waals surface area contributed by atoms with Gasteiger partial charge in [-0.3, -0.25) is 4.79 Å². The average molecular weight is 302 g/mol. The molecule has 1 aromatic carbocycles. The maximum Gasteiger partial charge on any atom is 0.252 e. The van der Waals surface area contributed by atoms with Gasteiger partial charge in [0.15, 0.2) is 0 Å². The Labute approximate surface area is 96.4 Å². The quantitative estimate of drug-likeness (QED) is 0.800. The molecule has 14 heavy (non-hydrogen) atoms. The van der Waals surface area contributed by atoms with Gasteiger partial charge in [0, 0.05) is 16.7 Å². The van der Waals surface area contributed by atoms with Crippen LogP contribution in [0.4, 0.5) is 0 Å². The Bertz CT molecular complexity index is 350. The molecule has 1 saturated heterocycles. The molecule has 0 radical (unpaired) electrons. The van der Waals surface area contributed by atoms with Crippen molar-refractivity contribution < 1.29 is 4.79 Å². The van der Waals surface area contributed by atoms with Gasteiger partial charge in [-0.15, -0.1) is 0 Å². The number of carbonyl (C=O) groups excluding carboxylic acids is 1. The van der Waals surface area contributed by atoms with E-state index in [-0.39, 0.29) is 5.91 Å². The molecule has 74 valence electrons. The number of rotatable bonds is 2. The topological polar surface area (TPSA) is 41.1 Å². The van der Waals surface area contributed by atoms with Crippen LogP contribution in [0.3, 0.4) is 0 Å². The Hall–Kier alpha value is -0.620. The number of amides is 1. The lowest BCUT2D eigenvalue weighted by Gasteiger charge is -2.28. The Morgan fingerprint density at radius 1 is 1.43 bits per heavy atom. The lowest BCUT2D eigenvalue weighted by Crippen LogP contribution is -2.57. The van der Waals surface area contributed by atoms with Gasteiger partial charge in [0.1, 0.15) is 0 Å². The third-order valence-electron chi connectivity index (χ3n) is 2.24. The molecule has 0 atom stereocenters. The largest absolute Gasteiger partial charge is 0.347 e. The molecule has 1 aromatic rings. The van der Waals surface area contributed by atoms with Crippen molar-refractivity contribution in [1.29, 1.82) is 0 Å². The number of carbonyl (C=O) groups is 1. The first-order valence-electron chi connectivity index (χ1n) is 4.53. The second kappa shape index (κ2) is 4.27. The zero-order chi connectivity index (χ0) is 9.97. The first kappa shape index (κ1) is 9.92. The van der Waals surface area contributed by atoms with Crippen molar-refractivity contribution in [2.24, 2.45) is 0 Å². The fourth-order valence-corrected chi connectivity index (χ4v) is 1.93.